The second-order valence-electron chi connectivity index (χ2n) is 7.38. The van der Waals surface area contributed by atoms with Gasteiger partial charge in [0.15, 0.2) is 0 Å². The number of ether oxygens (including phenoxy) is 1. The first-order valence-electron chi connectivity index (χ1n) is 7.49. The van der Waals surface area contributed by atoms with Gasteiger partial charge in [-0.1, -0.05) is 20.8 Å². The van der Waals surface area contributed by atoms with Crippen LogP contribution in [-0.2, 0) is 9.53 Å². The van der Waals surface area contributed by atoms with Gasteiger partial charge in [-0.2, -0.15) is 0 Å². The molecule has 3 heteroatoms. The van der Waals surface area contributed by atoms with Gasteiger partial charge in [0.2, 0.25) is 0 Å². The summed E-state index contributed by atoms with van der Waals surface area (Å²) in [6, 6.07) is 0.407. The molecule has 0 aromatic rings. The van der Waals surface area contributed by atoms with Crippen LogP contribution in [0.5, 0.6) is 0 Å². The molecule has 0 unspecified atom stereocenters. The van der Waals surface area contributed by atoms with Crippen molar-refractivity contribution in [2.75, 3.05) is 6.54 Å². The lowest BCUT2D eigenvalue weighted by atomic mass is 9.55. The molecule has 0 spiro atoms. The van der Waals surface area contributed by atoms with Crippen molar-refractivity contribution in [2.45, 2.75) is 45.8 Å². The predicted octanol–water partition coefficient (Wildman–Crippen LogP) is 1.82. The van der Waals surface area contributed by atoms with Crippen LogP contribution in [0.1, 0.15) is 33.6 Å². The monoisotopic (exact) mass is 249 g/mol. The van der Waals surface area contributed by atoms with Crippen molar-refractivity contribution in [3.8, 4) is 0 Å². The Morgan fingerprint density at radius 3 is 2.89 bits per heavy atom. The van der Waals surface area contributed by atoms with Crippen LogP contribution in [0.4, 0.5) is 0 Å². The highest BCUT2D eigenvalue weighted by Gasteiger charge is 2.70. The van der Waals surface area contributed by atoms with E-state index in [0.29, 0.717) is 29.2 Å². The molecule has 18 heavy (non-hydrogen) atoms. The van der Waals surface area contributed by atoms with Crippen LogP contribution < -0.4 is 5.32 Å². The highest BCUT2D eigenvalue weighted by Crippen LogP contribution is 2.64. The van der Waals surface area contributed by atoms with E-state index in [4.69, 9.17) is 4.74 Å². The van der Waals surface area contributed by atoms with Crippen molar-refractivity contribution in [1.29, 1.82) is 0 Å². The Morgan fingerprint density at radius 1 is 1.39 bits per heavy atom. The van der Waals surface area contributed by atoms with Crippen molar-refractivity contribution in [2.24, 2.45) is 35.0 Å². The Bertz CT molecular complexity index is 407. The fourth-order valence-corrected chi connectivity index (χ4v) is 5.81. The van der Waals surface area contributed by atoms with Crippen molar-refractivity contribution in [1.82, 2.24) is 5.32 Å². The lowest BCUT2D eigenvalue weighted by Crippen LogP contribution is -2.57. The van der Waals surface area contributed by atoms with Gasteiger partial charge in [-0.3, -0.25) is 4.79 Å². The molecule has 7 atom stereocenters. The Balaban J connectivity index is 1.83. The van der Waals surface area contributed by atoms with Gasteiger partial charge >= 0.3 is 5.97 Å². The van der Waals surface area contributed by atoms with E-state index in [1.165, 1.54) is 12.8 Å². The number of hydrogen-bond acceptors (Lipinski definition) is 3. The summed E-state index contributed by atoms with van der Waals surface area (Å²) in [5, 5.41) is 3.69. The van der Waals surface area contributed by atoms with Crippen LogP contribution in [-0.4, -0.2) is 24.7 Å². The normalized spacial score (nSPS) is 57.0. The average molecular weight is 249 g/mol. The van der Waals surface area contributed by atoms with Crippen molar-refractivity contribution >= 4 is 5.97 Å². The van der Waals surface area contributed by atoms with Crippen molar-refractivity contribution in [3.63, 3.8) is 0 Å². The number of fused-ring (bicyclic) bond motifs is 4. The molecular formula is C15H23NO2. The predicted molar refractivity (Wildman–Crippen MR) is 67.8 cm³/mol. The fraction of sp³-hybridized carbons (Fsp3) is 0.933. The zero-order chi connectivity index (χ0) is 12.7. The van der Waals surface area contributed by atoms with Gasteiger partial charge in [0, 0.05) is 5.92 Å². The van der Waals surface area contributed by atoms with Crippen LogP contribution in [0, 0.1) is 35.0 Å². The fourth-order valence-electron chi connectivity index (χ4n) is 5.81. The molecule has 1 N–H and O–H groups in total. The molecule has 4 rings (SSSR count). The van der Waals surface area contributed by atoms with Crippen LogP contribution in [0.2, 0.25) is 0 Å². The third-order valence-electron chi connectivity index (χ3n) is 6.61. The molecule has 0 radical (unpaired) electrons. The molecule has 2 saturated carbocycles. The maximum atomic E-state index is 12.3. The van der Waals surface area contributed by atoms with E-state index in [0.717, 1.165) is 12.5 Å². The third kappa shape index (κ3) is 1.05. The summed E-state index contributed by atoms with van der Waals surface area (Å²) < 4.78 is 5.79. The van der Waals surface area contributed by atoms with E-state index in [2.05, 4.69) is 26.1 Å². The summed E-state index contributed by atoms with van der Waals surface area (Å²) in [5.41, 5.74) is 0.312. The minimum atomic E-state index is 0.0989. The zero-order valence-corrected chi connectivity index (χ0v) is 11.5. The Morgan fingerprint density at radius 2 is 2.17 bits per heavy atom. The molecule has 3 nitrogen and oxygen atoms in total. The maximum Gasteiger partial charge on any atom is 0.310 e. The van der Waals surface area contributed by atoms with E-state index in [-0.39, 0.29) is 18.0 Å². The number of nitrogens with one attached hydrogen (secondary N) is 1. The minimum Gasteiger partial charge on any atom is -0.460 e. The number of esters is 1. The number of carbonyl (C=O) groups excluding carboxylic acids is 1. The first kappa shape index (κ1) is 11.3. The standard InChI is InChI=1S/C15H23NO2/c1-7(2)10-11-9-5-4-8-6-16-13(15(8,9)3)12(10)18-14(11)17/h7-13,16H,4-6H2,1-3H3/t8-,9+,10+,11-,12+,13-,15+/m1/s1. The van der Waals surface area contributed by atoms with E-state index in [1.54, 1.807) is 0 Å². The van der Waals surface area contributed by atoms with Crippen LogP contribution in [0.3, 0.4) is 0 Å². The maximum absolute atomic E-state index is 12.3. The summed E-state index contributed by atoms with van der Waals surface area (Å²) in [6.45, 7) is 8.04. The molecule has 0 aromatic carbocycles. The van der Waals surface area contributed by atoms with Crippen LogP contribution >= 0.6 is 0 Å². The number of hydrogen-bond donors (Lipinski definition) is 1. The molecule has 4 aliphatic rings. The van der Waals surface area contributed by atoms with E-state index in [9.17, 15) is 4.79 Å². The van der Waals surface area contributed by atoms with E-state index < -0.39 is 0 Å². The van der Waals surface area contributed by atoms with Gasteiger partial charge in [-0.15, -0.1) is 0 Å². The molecule has 2 heterocycles. The SMILES string of the molecule is CC(C)[C@@H]1[C@@H]2OC(=O)[C@@H]1[C@@H]1CC[C@@H]3CN[C@H]2[C@@]31C. The molecule has 0 aromatic heterocycles. The average Bonchev–Trinajstić information content (AvgIpc) is 2.88. The van der Waals surface area contributed by atoms with E-state index in [1.807, 2.05) is 0 Å². The van der Waals surface area contributed by atoms with Crippen LogP contribution in [0.25, 0.3) is 0 Å². The first-order valence-corrected chi connectivity index (χ1v) is 7.49. The zero-order valence-electron chi connectivity index (χ0n) is 11.5. The molecule has 2 aliphatic heterocycles. The van der Waals surface area contributed by atoms with Gasteiger partial charge in [0.1, 0.15) is 6.10 Å². The number of rotatable bonds is 1. The molecule has 0 amide bonds. The smallest absolute Gasteiger partial charge is 0.310 e. The summed E-state index contributed by atoms with van der Waals surface area (Å²) in [7, 11) is 0. The second kappa shape index (κ2) is 3.30. The third-order valence-corrected chi connectivity index (χ3v) is 6.61. The van der Waals surface area contributed by atoms with Gasteiger partial charge in [-0.05, 0) is 42.6 Å². The summed E-state index contributed by atoms with van der Waals surface area (Å²) in [5.74, 6) is 2.58. The largest absolute Gasteiger partial charge is 0.460 e. The number of carbonyl (C=O) groups is 1. The molecule has 2 bridgehead atoms. The lowest BCUT2D eigenvalue weighted by molar-refractivity contribution is -0.144. The molecule has 100 valence electrons. The highest BCUT2D eigenvalue weighted by molar-refractivity contribution is 5.77. The summed E-state index contributed by atoms with van der Waals surface area (Å²) >= 11 is 0. The lowest BCUT2D eigenvalue weighted by Gasteiger charge is -2.48. The topological polar surface area (TPSA) is 38.3 Å². The molecule has 4 fully saturated rings. The quantitative estimate of drug-likeness (QED) is 0.720. The molecular weight excluding hydrogens is 226 g/mol. The van der Waals surface area contributed by atoms with Crippen LogP contribution in [0.15, 0.2) is 0 Å². The van der Waals surface area contributed by atoms with Crippen molar-refractivity contribution in [3.05, 3.63) is 0 Å². The Hall–Kier alpha value is -0.570. The molecule has 2 saturated heterocycles. The molecule has 2 aliphatic carbocycles. The van der Waals surface area contributed by atoms with Crippen molar-refractivity contribution < 1.29 is 9.53 Å². The summed E-state index contributed by atoms with van der Waals surface area (Å²) in [6.07, 6.45) is 2.66. The Labute approximate surface area is 109 Å². The minimum absolute atomic E-state index is 0.0989. The highest BCUT2D eigenvalue weighted by atomic mass is 16.6. The van der Waals surface area contributed by atoms with Gasteiger partial charge in [-0.25, -0.2) is 0 Å². The Kier molecular flexibility index (Phi) is 2.07. The second-order valence-corrected chi connectivity index (χ2v) is 7.38. The van der Waals surface area contributed by atoms with Gasteiger partial charge < -0.3 is 10.1 Å². The summed E-state index contributed by atoms with van der Waals surface area (Å²) in [4.78, 5) is 12.3. The van der Waals surface area contributed by atoms with Gasteiger partial charge in [0.25, 0.3) is 0 Å². The van der Waals surface area contributed by atoms with E-state index >= 15 is 0 Å². The van der Waals surface area contributed by atoms with Gasteiger partial charge in [0.05, 0.1) is 12.0 Å². The first-order chi connectivity index (χ1) is 8.55.